The molecule has 0 saturated carbocycles. The molecule has 116 valence electrons. The molecule has 3 rings (SSSR count). The summed E-state index contributed by atoms with van der Waals surface area (Å²) in [6, 6.07) is 9.58. The molecule has 1 aromatic heterocycles. The Morgan fingerprint density at radius 1 is 1.27 bits per heavy atom. The van der Waals surface area contributed by atoms with Crippen LogP contribution in [0.25, 0.3) is 11.0 Å². The number of carboxylic acid groups (broad SMARTS) is 1. The quantitative estimate of drug-likeness (QED) is 0.946. The zero-order valence-electron chi connectivity index (χ0n) is 12.5. The smallest absolute Gasteiger partial charge is 0.306 e. The summed E-state index contributed by atoms with van der Waals surface area (Å²) in [5.74, 6) is -0.786. The van der Waals surface area contributed by atoms with Crippen LogP contribution in [-0.4, -0.2) is 35.0 Å². The van der Waals surface area contributed by atoms with E-state index in [-0.39, 0.29) is 17.7 Å². The number of likely N-dealkylation sites (tertiary alicyclic amines) is 1. The van der Waals surface area contributed by atoms with Gasteiger partial charge < -0.3 is 14.4 Å². The van der Waals surface area contributed by atoms with Gasteiger partial charge in [-0.25, -0.2) is 0 Å². The van der Waals surface area contributed by atoms with Crippen molar-refractivity contribution >= 4 is 22.8 Å². The van der Waals surface area contributed by atoms with Crippen molar-refractivity contribution in [3.05, 3.63) is 36.1 Å². The molecule has 0 radical (unpaired) electrons. The predicted octanol–water partition coefficient (Wildman–Crippen LogP) is 2.86. The lowest BCUT2D eigenvalue weighted by Crippen LogP contribution is -2.42. The van der Waals surface area contributed by atoms with Crippen molar-refractivity contribution in [2.24, 2.45) is 5.92 Å². The topological polar surface area (TPSA) is 70.8 Å². The lowest BCUT2D eigenvalue weighted by molar-refractivity contribution is -0.146. The first-order valence-corrected chi connectivity index (χ1v) is 7.56. The lowest BCUT2D eigenvalue weighted by atomic mass is 9.95. The van der Waals surface area contributed by atoms with E-state index < -0.39 is 5.97 Å². The number of benzene rings is 1. The van der Waals surface area contributed by atoms with Crippen LogP contribution < -0.4 is 0 Å². The molecule has 1 aliphatic heterocycles. The fourth-order valence-corrected chi connectivity index (χ4v) is 2.96. The minimum absolute atomic E-state index is 0.00268. The average molecular weight is 301 g/mol. The summed E-state index contributed by atoms with van der Waals surface area (Å²) in [6.45, 7) is 2.84. The number of carbonyl (C=O) groups excluding carboxylic acids is 1. The van der Waals surface area contributed by atoms with E-state index in [2.05, 4.69) is 0 Å². The van der Waals surface area contributed by atoms with Crippen LogP contribution in [-0.2, 0) is 9.59 Å². The van der Waals surface area contributed by atoms with E-state index in [1.165, 1.54) is 0 Å². The van der Waals surface area contributed by atoms with Gasteiger partial charge in [0.25, 0.3) is 0 Å². The number of hydrogen-bond donors (Lipinski definition) is 1. The predicted molar refractivity (Wildman–Crippen MR) is 81.6 cm³/mol. The number of amides is 1. The summed E-state index contributed by atoms with van der Waals surface area (Å²) in [5, 5.41) is 10.0. The van der Waals surface area contributed by atoms with E-state index in [9.17, 15) is 9.59 Å². The summed E-state index contributed by atoms with van der Waals surface area (Å²) in [5.41, 5.74) is 0.779. The number of furan rings is 1. The molecule has 5 nitrogen and oxygen atoms in total. The number of carboxylic acids is 1. The standard InChI is InChI=1S/C17H19NO4/c1-11(15-10-13-4-2-3-5-14(13)22-15)16(19)18-8-6-12(7-9-18)17(20)21/h2-5,10-12H,6-9H2,1H3,(H,20,21)/t11-/m0/s1. The molecule has 2 aromatic rings. The van der Waals surface area contributed by atoms with Crippen molar-refractivity contribution in [3.8, 4) is 0 Å². The zero-order valence-corrected chi connectivity index (χ0v) is 12.5. The van der Waals surface area contributed by atoms with Crippen LogP contribution in [0.4, 0.5) is 0 Å². The molecule has 0 aliphatic carbocycles. The average Bonchev–Trinajstić information content (AvgIpc) is 2.97. The molecule has 0 bridgehead atoms. The van der Waals surface area contributed by atoms with Gasteiger partial charge in [-0.2, -0.15) is 0 Å². The molecule has 1 aliphatic rings. The SMILES string of the molecule is C[C@H](C(=O)N1CCC(C(=O)O)CC1)c1cc2ccccc2o1. The maximum atomic E-state index is 12.6. The lowest BCUT2D eigenvalue weighted by Gasteiger charge is -2.31. The maximum absolute atomic E-state index is 12.6. The van der Waals surface area contributed by atoms with Gasteiger partial charge in [-0.3, -0.25) is 9.59 Å². The monoisotopic (exact) mass is 301 g/mol. The number of fused-ring (bicyclic) bond motifs is 1. The first kappa shape index (κ1) is 14.6. The Hall–Kier alpha value is -2.30. The highest BCUT2D eigenvalue weighted by molar-refractivity contribution is 5.85. The Morgan fingerprint density at radius 2 is 1.95 bits per heavy atom. The Labute approximate surface area is 128 Å². The van der Waals surface area contributed by atoms with Crippen LogP contribution >= 0.6 is 0 Å². The van der Waals surface area contributed by atoms with Gasteiger partial charge in [0, 0.05) is 18.5 Å². The van der Waals surface area contributed by atoms with Crippen LogP contribution in [0.3, 0.4) is 0 Å². The van der Waals surface area contributed by atoms with E-state index in [0.717, 1.165) is 11.0 Å². The van der Waals surface area contributed by atoms with Gasteiger partial charge in [-0.05, 0) is 31.9 Å². The molecule has 2 heterocycles. The Balaban J connectivity index is 1.70. The molecule has 1 N–H and O–H groups in total. The van der Waals surface area contributed by atoms with Crippen molar-refractivity contribution in [3.63, 3.8) is 0 Å². The first-order chi connectivity index (χ1) is 10.6. The maximum Gasteiger partial charge on any atom is 0.306 e. The number of piperidine rings is 1. The van der Waals surface area contributed by atoms with Crippen molar-refractivity contribution < 1.29 is 19.1 Å². The molecule has 1 aromatic carbocycles. The van der Waals surface area contributed by atoms with Gasteiger partial charge in [-0.15, -0.1) is 0 Å². The van der Waals surface area contributed by atoms with Crippen molar-refractivity contribution in [2.75, 3.05) is 13.1 Å². The van der Waals surface area contributed by atoms with Crippen molar-refractivity contribution in [1.82, 2.24) is 4.90 Å². The Bertz CT molecular complexity index is 665. The first-order valence-electron chi connectivity index (χ1n) is 7.56. The second-order valence-electron chi connectivity index (χ2n) is 5.85. The van der Waals surface area contributed by atoms with Crippen LogP contribution in [0.15, 0.2) is 34.7 Å². The molecule has 0 spiro atoms. The molecule has 1 atom stereocenters. The minimum atomic E-state index is -0.766. The highest BCUT2D eigenvalue weighted by atomic mass is 16.4. The second kappa shape index (κ2) is 5.83. The normalized spacial score (nSPS) is 17.6. The Kier molecular flexibility index (Phi) is 3.88. The van der Waals surface area contributed by atoms with Crippen molar-refractivity contribution in [1.29, 1.82) is 0 Å². The molecular formula is C17H19NO4. The fourth-order valence-electron chi connectivity index (χ4n) is 2.96. The second-order valence-corrected chi connectivity index (χ2v) is 5.85. The van der Waals surface area contributed by atoms with Crippen molar-refractivity contribution in [2.45, 2.75) is 25.7 Å². The molecule has 1 fully saturated rings. The largest absolute Gasteiger partial charge is 0.481 e. The number of hydrogen-bond acceptors (Lipinski definition) is 3. The number of aliphatic carboxylic acids is 1. The van der Waals surface area contributed by atoms with E-state index >= 15 is 0 Å². The van der Waals surface area contributed by atoms with Gasteiger partial charge in [-0.1, -0.05) is 18.2 Å². The number of rotatable bonds is 3. The highest BCUT2D eigenvalue weighted by Crippen LogP contribution is 2.27. The van der Waals surface area contributed by atoms with Gasteiger partial charge in [0.1, 0.15) is 11.3 Å². The number of carbonyl (C=O) groups is 2. The highest BCUT2D eigenvalue weighted by Gasteiger charge is 2.30. The summed E-state index contributed by atoms with van der Waals surface area (Å²) >= 11 is 0. The molecular weight excluding hydrogens is 282 g/mol. The number of nitrogens with zero attached hydrogens (tertiary/aromatic N) is 1. The third-order valence-corrected chi connectivity index (χ3v) is 4.40. The van der Waals surface area contributed by atoms with Gasteiger partial charge >= 0.3 is 5.97 Å². The molecule has 1 saturated heterocycles. The fraction of sp³-hybridized carbons (Fsp3) is 0.412. The van der Waals surface area contributed by atoms with Crippen LogP contribution in [0.1, 0.15) is 31.4 Å². The van der Waals surface area contributed by atoms with Gasteiger partial charge in [0.15, 0.2) is 0 Å². The Morgan fingerprint density at radius 3 is 2.59 bits per heavy atom. The van der Waals surface area contributed by atoms with Gasteiger partial charge in [0.2, 0.25) is 5.91 Å². The van der Waals surface area contributed by atoms with E-state index in [4.69, 9.17) is 9.52 Å². The zero-order chi connectivity index (χ0) is 15.7. The molecule has 0 unspecified atom stereocenters. The minimum Gasteiger partial charge on any atom is -0.481 e. The van der Waals surface area contributed by atoms with Crippen LogP contribution in [0.2, 0.25) is 0 Å². The molecule has 5 heteroatoms. The third kappa shape index (κ3) is 2.71. The van der Waals surface area contributed by atoms with E-state index in [1.54, 1.807) is 4.90 Å². The van der Waals surface area contributed by atoms with Crippen LogP contribution in [0, 0.1) is 5.92 Å². The van der Waals surface area contributed by atoms with Gasteiger partial charge in [0.05, 0.1) is 11.8 Å². The third-order valence-electron chi connectivity index (χ3n) is 4.40. The molecule has 22 heavy (non-hydrogen) atoms. The van der Waals surface area contributed by atoms with E-state index in [1.807, 2.05) is 37.3 Å². The summed E-state index contributed by atoms with van der Waals surface area (Å²) in [7, 11) is 0. The molecule has 1 amide bonds. The summed E-state index contributed by atoms with van der Waals surface area (Å²) < 4.78 is 5.76. The number of para-hydroxylation sites is 1. The van der Waals surface area contributed by atoms with Crippen LogP contribution in [0.5, 0.6) is 0 Å². The summed E-state index contributed by atoms with van der Waals surface area (Å²) in [4.78, 5) is 25.3. The van der Waals surface area contributed by atoms with E-state index in [0.29, 0.717) is 31.7 Å². The summed E-state index contributed by atoms with van der Waals surface area (Å²) in [6.07, 6.45) is 1.04.